The average molecular weight is 219 g/mol. The van der Waals surface area contributed by atoms with Crippen LogP contribution >= 0.6 is 0 Å². The molecular formula is C13H21N3. The zero-order valence-corrected chi connectivity index (χ0v) is 10.4. The predicted molar refractivity (Wildman–Crippen MR) is 67.6 cm³/mol. The number of rotatable bonds is 3. The molecule has 1 aliphatic rings. The second-order valence-electron chi connectivity index (χ2n) is 4.89. The molecule has 1 aliphatic heterocycles. The highest BCUT2D eigenvalue weighted by Crippen LogP contribution is 2.27. The van der Waals surface area contributed by atoms with E-state index < -0.39 is 0 Å². The first kappa shape index (κ1) is 11.4. The molecule has 1 aromatic rings. The smallest absolute Gasteiger partial charge is 0.129 e. The molecule has 3 nitrogen and oxygen atoms in total. The summed E-state index contributed by atoms with van der Waals surface area (Å²) >= 11 is 0. The van der Waals surface area contributed by atoms with Crippen molar-refractivity contribution in [3.05, 3.63) is 23.9 Å². The lowest BCUT2D eigenvalue weighted by Gasteiger charge is -2.23. The van der Waals surface area contributed by atoms with Crippen LogP contribution in [0.1, 0.15) is 25.8 Å². The standard InChI is InChI=1S/C13H21N3/c1-10-6-11(2)16(9-10)13-7-12(8-14-3)4-5-15-13/h4-5,7,10-11,14H,6,8-9H2,1-3H3. The van der Waals surface area contributed by atoms with Crippen LogP contribution in [0.2, 0.25) is 0 Å². The number of hydrogen-bond acceptors (Lipinski definition) is 3. The SMILES string of the molecule is CNCc1ccnc(N2CC(C)CC2C)c1. The lowest BCUT2D eigenvalue weighted by atomic mass is 10.1. The van der Waals surface area contributed by atoms with Crippen LogP contribution in [0.3, 0.4) is 0 Å². The second kappa shape index (κ2) is 4.83. The number of aromatic nitrogens is 1. The van der Waals surface area contributed by atoms with Gasteiger partial charge in [-0.15, -0.1) is 0 Å². The molecular weight excluding hydrogens is 198 g/mol. The van der Waals surface area contributed by atoms with E-state index >= 15 is 0 Å². The first-order valence-corrected chi connectivity index (χ1v) is 6.07. The number of hydrogen-bond donors (Lipinski definition) is 1. The van der Waals surface area contributed by atoms with Crippen molar-refractivity contribution in [2.24, 2.45) is 5.92 Å². The number of nitrogens with one attached hydrogen (secondary N) is 1. The Hall–Kier alpha value is -1.09. The molecule has 0 radical (unpaired) electrons. The Bertz CT molecular complexity index is 351. The van der Waals surface area contributed by atoms with E-state index in [0.717, 1.165) is 24.8 Å². The van der Waals surface area contributed by atoms with Crippen LogP contribution in [0, 0.1) is 5.92 Å². The molecule has 2 atom stereocenters. The summed E-state index contributed by atoms with van der Waals surface area (Å²) in [4.78, 5) is 6.91. The van der Waals surface area contributed by atoms with Crippen molar-refractivity contribution in [1.82, 2.24) is 10.3 Å². The molecule has 2 unspecified atom stereocenters. The molecule has 0 amide bonds. The molecule has 88 valence electrons. The van der Waals surface area contributed by atoms with E-state index in [9.17, 15) is 0 Å². The summed E-state index contributed by atoms with van der Waals surface area (Å²) in [5, 5.41) is 3.18. The van der Waals surface area contributed by atoms with E-state index in [1.165, 1.54) is 12.0 Å². The summed E-state index contributed by atoms with van der Waals surface area (Å²) in [5.74, 6) is 1.91. The van der Waals surface area contributed by atoms with E-state index in [1.807, 2.05) is 13.2 Å². The molecule has 1 fully saturated rings. The number of nitrogens with zero attached hydrogens (tertiary/aromatic N) is 2. The number of anilines is 1. The van der Waals surface area contributed by atoms with E-state index in [4.69, 9.17) is 0 Å². The van der Waals surface area contributed by atoms with Crippen LogP contribution in [0.15, 0.2) is 18.3 Å². The van der Waals surface area contributed by atoms with E-state index in [-0.39, 0.29) is 0 Å². The van der Waals surface area contributed by atoms with Crippen molar-refractivity contribution >= 4 is 5.82 Å². The summed E-state index contributed by atoms with van der Waals surface area (Å²) in [6.07, 6.45) is 3.19. The Morgan fingerprint density at radius 1 is 1.50 bits per heavy atom. The zero-order chi connectivity index (χ0) is 11.5. The van der Waals surface area contributed by atoms with E-state index in [1.54, 1.807) is 0 Å². The van der Waals surface area contributed by atoms with Crippen LogP contribution in [-0.2, 0) is 6.54 Å². The highest BCUT2D eigenvalue weighted by molar-refractivity contribution is 5.43. The summed E-state index contributed by atoms with van der Waals surface area (Å²) in [6.45, 7) is 6.65. The van der Waals surface area contributed by atoms with Crippen molar-refractivity contribution in [3.8, 4) is 0 Å². The van der Waals surface area contributed by atoms with Gasteiger partial charge in [-0.2, -0.15) is 0 Å². The van der Waals surface area contributed by atoms with Gasteiger partial charge in [0.2, 0.25) is 0 Å². The summed E-state index contributed by atoms with van der Waals surface area (Å²) in [6, 6.07) is 4.89. The van der Waals surface area contributed by atoms with Crippen molar-refractivity contribution in [1.29, 1.82) is 0 Å². The lowest BCUT2D eigenvalue weighted by Crippen LogP contribution is -2.27. The van der Waals surface area contributed by atoms with Gasteiger partial charge in [-0.1, -0.05) is 6.92 Å². The quantitative estimate of drug-likeness (QED) is 0.843. The zero-order valence-electron chi connectivity index (χ0n) is 10.4. The maximum absolute atomic E-state index is 4.49. The molecule has 1 aromatic heterocycles. The maximum atomic E-state index is 4.49. The maximum Gasteiger partial charge on any atom is 0.129 e. The van der Waals surface area contributed by atoms with Crippen molar-refractivity contribution in [3.63, 3.8) is 0 Å². The molecule has 1 N–H and O–H groups in total. The Morgan fingerprint density at radius 2 is 2.31 bits per heavy atom. The molecule has 2 rings (SSSR count). The molecule has 2 heterocycles. The molecule has 0 aromatic carbocycles. The van der Waals surface area contributed by atoms with Gasteiger partial charge < -0.3 is 10.2 Å². The largest absolute Gasteiger partial charge is 0.354 e. The number of pyridine rings is 1. The molecule has 0 bridgehead atoms. The first-order chi connectivity index (χ1) is 7.70. The van der Waals surface area contributed by atoms with E-state index in [2.05, 4.69) is 41.2 Å². The molecule has 0 aliphatic carbocycles. The van der Waals surface area contributed by atoms with Crippen LogP contribution in [0.5, 0.6) is 0 Å². The van der Waals surface area contributed by atoms with Gasteiger partial charge in [0.1, 0.15) is 5.82 Å². The Balaban J connectivity index is 2.16. The highest BCUT2D eigenvalue weighted by atomic mass is 15.2. The second-order valence-corrected chi connectivity index (χ2v) is 4.89. The van der Waals surface area contributed by atoms with Crippen molar-refractivity contribution in [2.75, 3.05) is 18.5 Å². The molecule has 16 heavy (non-hydrogen) atoms. The molecule has 0 spiro atoms. The summed E-state index contributed by atoms with van der Waals surface area (Å²) < 4.78 is 0. The van der Waals surface area contributed by atoms with Crippen LogP contribution < -0.4 is 10.2 Å². The minimum Gasteiger partial charge on any atom is -0.354 e. The fourth-order valence-corrected chi connectivity index (χ4v) is 2.55. The van der Waals surface area contributed by atoms with Gasteiger partial charge in [-0.05, 0) is 44.0 Å². The molecule has 1 saturated heterocycles. The van der Waals surface area contributed by atoms with Crippen LogP contribution in [0.25, 0.3) is 0 Å². The topological polar surface area (TPSA) is 28.2 Å². The fourth-order valence-electron chi connectivity index (χ4n) is 2.55. The minimum atomic E-state index is 0.618. The molecule has 0 saturated carbocycles. The third-order valence-corrected chi connectivity index (χ3v) is 3.27. The predicted octanol–water partition coefficient (Wildman–Crippen LogP) is 2.04. The van der Waals surface area contributed by atoms with Gasteiger partial charge in [0.25, 0.3) is 0 Å². The Kier molecular flexibility index (Phi) is 3.44. The average Bonchev–Trinajstić information content (AvgIpc) is 2.59. The normalized spacial score (nSPS) is 25.1. The van der Waals surface area contributed by atoms with Crippen molar-refractivity contribution in [2.45, 2.75) is 32.9 Å². The van der Waals surface area contributed by atoms with Gasteiger partial charge in [-0.3, -0.25) is 0 Å². The lowest BCUT2D eigenvalue weighted by molar-refractivity contribution is 0.625. The van der Waals surface area contributed by atoms with Gasteiger partial charge >= 0.3 is 0 Å². The van der Waals surface area contributed by atoms with Gasteiger partial charge in [0, 0.05) is 25.3 Å². The van der Waals surface area contributed by atoms with Crippen LogP contribution in [0.4, 0.5) is 5.82 Å². The van der Waals surface area contributed by atoms with Gasteiger partial charge in [0.15, 0.2) is 0 Å². The fraction of sp³-hybridized carbons (Fsp3) is 0.615. The highest BCUT2D eigenvalue weighted by Gasteiger charge is 2.26. The van der Waals surface area contributed by atoms with E-state index in [0.29, 0.717) is 6.04 Å². The Labute approximate surface area is 97.9 Å². The monoisotopic (exact) mass is 219 g/mol. The Morgan fingerprint density at radius 3 is 2.94 bits per heavy atom. The minimum absolute atomic E-state index is 0.618. The third-order valence-electron chi connectivity index (χ3n) is 3.27. The summed E-state index contributed by atoms with van der Waals surface area (Å²) in [7, 11) is 1.97. The van der Waals surface area contributed by atoms with Gasteiger partial charge in [-0.25, -0.2) is 4.98 Å². The van der Waals surface area contributed by atoms with Crippen molar-refractivity contribution < 1.29 is 0 Å². The summed E-state index contributed by atoms with van der Waals surface area (Å²) in [5.41, 5.74) is 1.30. The van der Waals surface area contributed by atoms with Crippen LogP contribution in [-0.4, -0.2) is 24.6 Å². The third kappa shape index (κ3) is 2.35. The molecule has 3 heteroatoms. The first-order valence-electron chi connectivity index (χ1n) is 6.07. The van der Waals surface area contributed by atoms with Gasteiger partial charge in [0.05, 0.1) is 0 Å².